The molecule has 1 aliphatic rings. The monoisotopic (exact) mass is 255 g/mol. The Morgan fingerprint density at radius 3 is 2.56 bits per heavy atom. The van der Waals surface area contributed by atoms with E-state index in [4.69, 9.17) is 0 Å². The predicted octanol–water partition coefficient (Wildman–Crippen LogP) is -0.456. The van der Waals surface area contributed by atoms with Crippen LogP contribution in [0.1, 0.15) is 33.6 Å². The normalized spacial score (nSPS) is 19.3. The summed E-state index contributed by atoms with van der Waals surface area (Å²) in [6.07, 6.45) is 0.483. The minimum absolute atomic E-state index is 0.0941. The molecule has 0 bridgehead atoms. The molecule has 6 heteroatoms. The fourth-order valence-corrected chi connectivity index (χ4v) is 1.71. The standard InChI is InChI=1S/C12H21N3O3/c1-12(2,3)15-9(16)4-5-13-11(18)8-6-10(17)14-7-8/h8H,4-7H2,1-3H3,(H,13,18)(H,14,17)(H,15,16). The highest BCUT2D eigenvalue weighted by Crippen LogP contribution is 2.08. The molecule has 0 aromatic heterocycles. The van der Waals surface area contributed by atoms with Crippen LogP contribution in [0.3, 0.4) is 0 Å². The third kappa shape index (κ3) is 5.16. The van der Waals surface area contributed by atoms with E-state index in [0.29, 0.717) is 13.1 Å². The van der Waals surface area contributed by atoms with Gasteiger partial charge in [-0.2, -0.15) is 0 Å². The van der Waals surface area contributed by atoms with Gasteiger partial charge in [-0.3, -0.25) is 14.4 Å². The number of rotatable bonds is 4. The van der Waals surface area contributed by atoms with Crippen molar-refractivity contribution in [2.24, 2.45) is 5.92 Å². The largest absolute Gasteiger partial charge is 0.355 e. The van der Waals surface area contributed by atoms with Gasteiger partial charge >= 0.3 is 0 Å². The number of nitrogens with one attached hydrogen (secondary N) is 3. The molecule has 102 valence electrons. The minimum atomic E-state index is -0.303. The minimum Gasteiger partial charge on any atom is -0.355 e. The van der Waals surface area contributed by atoms with Crippen molar-refractivity contribution in [1.29, 1.82) is 0 Å². The van der Waals surface area contributed by atoms with Crippen molar-refractivity contribution in [1.82, 2.24) is 16.0 Å². The summed E-state index contributed by atoms with van der Waals surface area (Å²) < 4.78 is 0. The first-order valence-electron chi connectivity index (χ1n) is 6.13. The lowest BCUT2D eigenvalue weighted by atomic mass is 10.1. The molecule has 0 aromatic rings. The van der Waals surface area contributed by atoms with Crippen LogP contribution in [0, 0.1) is 5.92 Å². The molecule has 1 unspecified atom stereocenters. The number of carbonyl (C=O) groups excluding carboxylic acids is 3. The van der Waals surface area contributed by atoms with E-state index in [1.54, 1.807) is 0 Å². The second-order valence-electron chi connectivity index (χ2n) is 5.54. The lowest BCUT2D eigenvalue weighted by Gasteiger charge is -2.20. The molecule has 0 spiro atoms. The molecule has 1 saturated heterocycles. The Hall–Kier alpha value is -1.59. The number of carbonyl (C=O) groups is 3. The SMILES string of the molecule is CC(C)(C)NC(=O)CCNC(=O)C1CNC(=O)C1. The van der Waals surface area contributed by atoms with Crippen molar-refractivity contribution < 1.29 is 14.4 Å². The van der Waals surface area contributed by atoms with Crippen LogP contribution in [0.4, 0.5) is 0 Å². The lowest BCUT2D eigenvalue weighted by molar-refractivity contribution is -0.127. The molecule has 1 fully saturated rings. The van der Waals surface area contributed by atoms with Crippen LogP contribution in [0.2, 0.25) is 0 Å². The third-order valence-corrected chi connectivity index (χ3v) is 2.51. The Kier molecular flexibility index (Phi) is 4.69. The molecule has 18 heavy (non-hydrogen) atoms. The highest BCUT2D eigenvalue weighted by Gasteiger charge is 2.27. The van der Waals surface area contributed by atoms with Gasteiger partial charge in [0, 0.05) is 31.5 Å². The van der Waals surface area contributed by atoms with E-state index >= 15 is 0 Å². The molecular weight excluding hydrogens is 234 g/mol. The summed E-state index contributed by atoms with van der Waals surface area (Å²) in [5.74, 6) is -0.663. The zero-order valence-electron chi connectivity index (χ0n) is 11.1. The van der Waals surface area contributed by atoms with Gasteiger partial charge in [0.2, 0.25) is 17.7 Å². The molecule has 0 aromatic carbocycles. The number of amides is 3. The average Bonchev–Trinajstić information content (AvgIpc) is 2.62. The summed E-state index contributed by atoms with van der Waals surface area (Å²) in [5.41, 5.74) is -0.261. The molecule has 1 atom stereocenters. The maximum Gasteiger partial charge on any atom is 0.225 e. The van der Waals surface area contributed by atoms with E-state index < -0.39 is 0 Å². The smallest absolute Gasteiger partial charge is 0.225 e. The molecular formula is C12H21N3O3. The molecule has 0 aliphatic carbocycles. The van der Waals surface area contributed by atoms with Gasteiger partial charge in [0.25, 0.3) is 0 Å². The van der Waals surface area contributed by atoms with E-state index in [0.717, 1.165) is 0 Å². The lowest BCUT2D eigenvalue weighted by Crippen LogP contribution is -2.42. The van der Waals surface area contributed by atoms with Gasteiger partial charge < -0.3 is 16.0 Å². The number of hydrogen-bond donors (Lipinski definition) is 3. The maximum atomic E-state index is 11.6. The quantitative estimate of drug-likeness (QED) is 0.635. The van der Waals surface area contributed by atoms with Gasteiger partial charge in [-0.25, -0.2) is 0 Å². The summed E-state index contributed by atoms with van der Waals surface area (Å²) in [6.45, 7) is 6.39. The highest BCUT2D eigenvalue weighted by atomic mass is 16.2. The van der Waals surface area contributed by atoms with Gasteiger partial charge in [0.1, 0.15) is 0 Å². The Labute approximate surface area is 107 Å². The predicted molar refractivity (Wildman–Crippen MR) is 66.6 cm³/mol. The van der Waals surface area contributed by atoms with E-state index in [2.05, 4.69) is 16.0 Å². The van der Waals surface area contributed by atoms with Crippen LogP contribution in [-0.2, 0) is 14.4 Å². The van der Waals surface area contributed by atoms with Gasteiger partial charge in [-0.05, 0) is 20.8 Å². The Morgan fingerprint density at radius 2 is 2.06 bits per heavy atom. The van der Waals surface area contributed by atoms with E-state index in [9.17, 15) is 14.4 Å². The van der Waals surface area contributed by atoms with Crippen LogP contribution in [0.15, 0.2) is 0 Å². The average molecular weight is 255 g/mol. The van der Waals surface area contributed by atoms with Crippen LogP contribution in [0.25, 0.3) is 0 Å². The molecule has 0 radical (unpaired) electrons. The van der Waals surface area contributed by atoms with E-state index in [-0.39, 0.29) is 42.0 Å². The Balaban J connectivity index is 2.19. The van der Waals surface area contributed by atoms with Gasteiger partial charge in [0.05, 0.1) is 5.92 Å². The second-order valence-corrected chi connectivity index (χ2v) is 5.54. The first-order valence-corrected chi connectivity index (χ1v) is 6.13. The van der Waals surface area contributed by atoms with E-state index in [1.807, 2.05) is 20.8 Å². The van der Waals surface area contributed by atoms with Gasteiger partial charge in [0.15, 0.2) is 0 Å². The summed E-state index contributed by atoms with van der Waals surface area (Å²) in [6, 6.07) is 0. The summed E-state index contributed by atoms with van der Waals surface area (Å²) in [5, 5.41) is 8.08. The van der Waals surface area contributed by atoms with E-state index in [1.165, 1.54) is 0 Å². The highest BCUT2D eigenvalue weighted by molar-refractivity contribution is 5.89. The topological polar surface area (TPSA) is 87.3 Å². The molecule has 1 rings (SSSR count). The van der Waals surface area contributed by atoms with Crippen LogP contribution < -0.4 is 16.0 Å². The van der Waals surface area contributed by atoms with Crippen molar-refractivity contribution in [3.8, 4) is 0 Å². The van der Waals surface area contributed by atoms with Crippen molar-refractivity contribution >= 4 is 17.7 Å². The third-order valence-electron chi connectivity index (χ3n) is 2.51. The molecule has 1 aliphatic heterocycles. The first-order chi connectivity index (χ1) is 8.28. The van der Waals surface area contributed by atoms with Crippen molar-refractivity contribution in [3.63, 3.8) is 0 Å². The zero-order chi connectivity index (χ0) is 13.8. The molecule has 1 heterocycles. The van der Waals surface area contributed by atoms with Crippen molar-refractivity contribution in [2.75, 3.05) is 13.1 Å². The van der Waals surface area contributed by atoms with Crippen molar-refractivity contribution in [2.45, 2.75) is 39.2 Å². The van der Waals surface area contributed by atoms with Crippen LogP contribution >= 0.6 is 0 Å². The molecule has 3 amide bonds. The van der Waals surface area contributed by atoms with Crippen molar-refractivity contribution in [3.05, 3.63) is 0 Å². The first kappa shape index (κ1) is 14.5. The van der Waals surface area contributed by atoms with Crippen LogP contribution in [-0.4, -0.2) is 36.3 Å². The molecule has 6 nitrogen and oxygen atoms in total. The Morgan fingerprint density at radius 1 is 1.39 bits per heavy atom. The summed E-state index contributed by atoms with van der Waals surface area (Å²) in [4.78, 5) is 34.0. The molecule has 0 saturated carbocycles. The molecule has 3 N–H and O–H groups in total. The number of hydrogen-bond acceptors (Lipinski definition) is 3. The summed E-state index contributed by atoms with van der Waals surface area (Å²) >= 11 is 0. The maximum absolute atomic E-state index is 11.6. The second kappa shape index (κ2) is 5.84. The Bertz CT molecular complexity index is 347. The zero-order valence-corrected chi connectivity index (χ0v) is 11.1. The van der Waals surface area contributed by atoms with Gasteiger partial charge in [-0.15, -0.1) is 0 Å². The summed E-state index contributed by atoms with van der Waals surface area (Å²) in [7, 11) is 0. The fraction of sp³-hybridized carbons (Fsp3) is 0.750. The van der Waals surface area contributed by atoms with Crippen LogP contribution in [0.5, 0.6) is 0 Å². The fourth-order valence-electron chi connectivity index (χ4n) is 1.71. The van der Waals surface area contributed by atoms with Gasteiger partial charge in [-0.1, -0.05) is 0 Å².